The molecule has 128 valence electrons. The molecule has 0 amide bonds. The third-order valence-corrected chi connectivity index (χ3v) is 4.89. The highest BCUT2D eigenvalue weighted by Gasteiger charge is 2.17. The molecular weight excluding hydrogens is 406 g/mol. The molecule has 0 spiro atoms. The van der Waals surface area contributed by atoms with Crippen molar-refractivity contribution >= 4 is 44.7 Å². The number of halogens is 1. The third-order valence-electron chi connectivity index (χ3n) is 3.45. The summed E-state index contributed by atoms with van der Waals surface area (Å²) in [4.78, 5) is 35.8. The molecule has 0 saturated carbocycles. The van der Waals surface area contributed by atoms with Gasteiger partial charge in [-0.15, -0.1) is 0 Å². The summed E-state index contributed by atoms with van der Waals surface area (Å²) in [7, 11) is 1.27. The van der Waals surface area contributed by atoms with Crippen molar-refractivity contribution in [3.8, 4) is 0 Å². The summed E-state index contributed by atoms with van der Waals surface area (Å²) in [5.74, 6) is 0.0566. The first-order valence-electron chi connectivity index (χ1n) is 7.35. The number of esters is 1. The van der Waals surface area contributed by atoms with Gasteiger partial charge in [0.05, 0.1) is 18.1 Å². The van der Waals surface area contributed by atoms with Gasteiger partial charge < -0.3 is 9.72 Å². The predicted octanol–water partition coefficient (Wildman–Crippen LogP) is 3.47. The van der Waals surface area contributed by atoms with Crippen molar-refractivity contribution in [1.82, 2.24) is 15.0 Å². The van der Waals surface area contributed by atoms with Crippen molar-refractivity contribution in [2.45, 2.75) is 17.8 Å². The summed E-state index contributed by atoms with van der Waals surface area (Å²) in [5, 5.41) is 0.593. The number of carbonyl (C=O) groups is 1. The maximum atomic E-state index is 12.5. The van der Waals surface area contributed by atoms with Crippen LogP contribution in [-0.2, 0) is 10.5 Å². The summed E-state index contributed by atoms with van der Waals surface area (Å²) in [5.41, 5.74) is 1.68. The Hall–Kier alpha value is -2.19. The van der Waals surface area contributed by atoms with Crippen LogP contribution in [0.2, 0.25) is 0 Å². The van der Waals surface area contributed by atoms with Gasteiger partial charge in [0.1, 0.15) is 0 Å². The molecule has 0 aliphatic heterocycles. The molecule has 1 aromatic carbocycles. The van der Waals surface area contributed by atoms with Crippen LogP contribution in [0.15, 0.2) is 44.8 Å². The summed E-state index contributed by atoms with van der Waals surface area (Å²) in [6.45, 7) is 1.74. The van der Waals surface area contributed by atoms with Crippen LogP contribution in [0.25, 0.3) is 11.0 Å². The Morgan fingerprint density at radius 2 is 2.12 bits per heavy atom. The molecule has 0 atom stereocenters. The number of nitrogens with one attached hydrogen (secondary N) is 1. The second-order valence-corrected chi connectivity index (χ2v) is 7.17. The number of hydrogen-bond donors (Lipinski definition) is 1. The zero-order valence-corrected chi connectivity index (χ0v) is 15.9. The summed E-state index contributed by atoms with van der Waals surface area (Å²) in [6.07, 6.45) is 0. The number of ether oxygens (including phenoxy) is 1. The molecule has 0 fully saturated rings. The van der Waals surface area contributed by atoms with Crippen molar-refractivity contribution in [2.24, 2.45) is 0 Å². The van der Waals surface area contributed by atoms with E-state index < -0.39 is 11.5 Å². The number of carbonyl (C=O) groups excluding carboxylic acids is 1. The van der Waals surface area contributed by atoms with E-state index in [1.165, 1.54) is 24.9 Å². The average Bonchev–Trinajstić information content (AvgIpc) is 2.58. The summed E-state index contributed by atoms with van der Waals surface area (Å²) < 4.78 is 5.74. The number of thioether (sulfide) groups is 1. The Kier molecular flexibility index (Phi) is 5.19. The van der Waals surface area contributed by atoms with E-state index in [1.54, 1.807) is 6.92 Å². The van der Waals surface area contributed by atoms with E-state index in [4.69, 9.17) is 4.74 Å². The van der Waals surface area contributed by atoms with E-state index in [-0.39, 0.29) is 16.6 Å². The topological polar surface area (TPSA) is 84.9 Å². The molecule has 25 heavy (non-hydrogen) atoms. The van der Waals surface area contributed by atoms with Gasteiger partial charge in [0, 0.05) is 15.9 Å². The first-order valence-corrected chi connectivity index (χ1v) is 9.13. The Balaban J connectivity index is 1.99. The van der Waals surface area contributed by atoms with Gasteiger partial charge in [-0.2, -0.15) is 0 Å². The molecule has 3 aromatic rings. The number of aryl methyl sites for hydroxylation is 1. The number of methoxy groups -OCH3 is 1. The van der Waals surface area contributed by atoms with Crippen molar-refractivity contribution < 1.29 is 9.53 Å². The van der Waals surface area contributed by atoms with Crippen molar-refractivity contribution in [1.29, 1.82) is 0 Å². The molecule has 2 aromatic heterocycles. The Labute approximate surface area is 156 Å². The van der Waals surface area contributed by atoms with Gasteiger partial charge in [0.25, 0.3) is 5.56 Å². The number of benzene rings is 1. The van der Waals surface area contributed by atoms with Crippen molar-refractivity contribution in [3.05, 3.63) is 62.0 Å². The van der Waals surface area contributed by atoms with Crippen LogP contribution >= 0.6 is 27.7 Å². The van der Waals surface area contributed by atoms with Crippen molar-refractivity contribution in [3.63, 3.8) is 0 Å². The van der Waals surface area contributed by atoms with Gasteiger partial charge in [-0.3, -0.25) is 4.79 Å². The van der Waals surface area contributed by atoms with Crippen LogP contribution in [0, 0.1) is 6.92 Å². The molecule has 0 saturated heterocycles. The number of hydrogen-bond acceptors (Lipinski definition) is 6. The highest BCUT2D eigenvalue weighted by atomic mass is 79.9. The van der Waals surface area contributed by atoms with Gasteiger partial charge >= 0.3 is 5.97 Å². The Bertz CT molecular complexity index is 1020. The monoisotopic (exact) mass is 419 g/mol. The second-order valence-electron chi connectivity index (χ2n) is 5.29. The minimum absolute atomic E-state index is 0.143. The Morgan fingerprint density at radius 1 is 1.32 bits per heavy atom. The first kappa shape index (κ1) is 17.6. The lowest BCUT2D eigenvalue weighted by Gasteiger charge is -2.07. The predicted molar refractivity (Wildman–Crippen MR) is 99.9 cm³/mol. The number of aromatic amines is 1. The van der Waals surface area contributed by atoms with Crippen LogP contribution in [-0.4, -0.2) is 28.0 Å². The lowest BCUT2D eigenvalue weighted by molar-refractivity contribution is 0.0602. The molecule has 8 heteroatoms. The Morgan fingerprint density at radius 3 is 2.84 bits per heavy atom. The third kappa shape index (κ3) is 3.91. The van der Waals surface area contributed by atoms with E-state index in [0.717, 1.165) is 10.0 Å². The largest absolute Gasteiger partial charge is 0.465 e. The number of fused-ring (bicyclic) bond motifs is 1. The lowest BCUT2D eigenvalue weighted by Crippen LogP contribution is -2.16. The fourth-order valence-corrected chi connectivity index (χ4v) is 3.61. The van der Waals surface area contributed by atoms with E-state index in [2.05, 4.69) is 30.9 Å². The number of nitrogens with zero attached hydrogens (tertiary/aromatic N) is 2. The van der Waals surface area contributed by atoms with Crippen LogP contribution in [0.4, 0.5) is 0 Å². The molecule has 1 N–H and O–H groups in total. The number of aromatic nitrogens is 3. The zero-order valence-electron chi connectivity index (χ0n) is 13.5. The van der Waals surface area contributed by atoms with Gasteiger partial charge in [-0.05, 0) is 30.7 Å². The van der Waals surface area contributed by atoms with Crippen LogP contribution in [0.1, 0.15) is 21.6 Å². The van der Waals surface area contributed by atoms with E-state index in [9.17, 15) is 9.59 Å². The molecule has 6 nitrogen and oxygen atoms in total. The smallest absolute Gasteiger partial charge is 0.338 e. The highest BCUT2D eigenvalue weighted by Crippen LogP contribution is 2.22. The number of pyridine rings is 1. The van der Waals surface area contributed by atoms with Crippen LogP contribution in [0.5, 0.6) is 0 Å². The zero-order chi connectivity index (χ0) is 18.0. The SMILES string of the molecule is COC(=O)c1cc(C)nc2nc(SCc3cccc(Br)c3)[nH]c(=O)c12. The van der Waals surface area contributed by atoms with Crippen LogP contribution in [0.3, 0.4) is 0 Å². The normalized spacial score (nSPS) is 10.8. The molecule has 0 aliphatic rings. The number of rotatable bonds is 4. The van der Waals surface area contributed by atoms with Gasteiger partial charge in [-0.1, -0.05) is 39.8 Å². The molecular formula is C17H14BrN3O3S. The first-order chi connectivity index (χ1) is 12.0. The van der Waals surface area contributed by atoms with E-state index in [0.29, 0.717) is 16.6 Å². The second kappa shape index (κ2) is 7.37. The minimum atomic E-state index is -0.586. The lowest BCUT2D eigenvalue weighted by atomic mass is 10.1. The van der Waals surface area contributed by atoms with Crippen molar-refractivity contribution in [2.75, 3.05) is 7.11 Å². The molecule has 0 aliphatic carbocycles. The molecule has 0 radical (unpaired) electrons. The van der Waals surface area contributed by atoms with Crippen LogP contribution < -0.4 is 5.56 Å². The molecule has 0 bridgehead atoms. The summed E-state index contributed by atoms with van der Waals surface area (Å²) >= 11 is 4.83. The fraction of sp³-hybridized carbons (Fsp3) is 0.176. The molecule has 3 rings (SSSR count). The van der Waals surface area contributed by atoms with Gasteiger partial charge in [0.2, 0.25) is 0 Å². The quantitative estimate of drug-likeness (QED) is 0.395. The minimum Gasteiger partial charge on any atom is -0.465 e. The maximum Gasteiger partial charge on any atom is 0.338 e. The highest BCUT2D eigenvalue weighted by molar-refractivity contribution is 9.10. The molecule has 0 unspecified atom stereocenters. The van der Waals surface area contributed by atoms with Gasteiger partial charge in [-0.25, -0.2) is 14.8 Å². The van der Waals surface area contributed by atoms with E-state index in [1.807, 2.05) is 24.3 Å². The fourth-order valence-electron chi connectivity index (χ4n) is 2.36. The average molecular weight is 420 g/mol. The maximum absolute atomic E-state index is 12.5. The molecule has 2 heterocycles. The summed E-state index contributed by atoms with van der Waals surface area (Å²) in [6, 6.07) is 9.42. The number of H-pyrrole nitrogens is 1. The van der Waals surface area contributed by atoms with E-state index >= 15 is 0 Å². The standard InChI is InChI=1S/C17H14BrN3O3S/c1-9-6-12(16(23)24-2)13-14(19-9)20-17(21-15(13)22)25-8-10-4-3-5-11(18)7-10/h3-7H,8H2,1-2H3,(H,19,20,21,22). The van der Waals surface area contributed by atoms with Gasteiger partial charge in [0.15, 0.2) is 10.8 Å².